The molecule has 1 aromatic heterocycles. The zero-order valence-corrected chi connectivity index (χ0v) is 9.13. The first-order valence-corrected chi connectivity index (χ1v) is 5.02. The molecule has 0 radical (unpaired) electrons. The van der Waals surface area contributed by atoms with Gasteiger partial charge >= 0.3 is 0 Å². The maximum Gasteiger partial charge on any atom is 0.131 e. The number of aryl methyl sites for hydroxylation is 1. The standard InChI is InChI=1S/C12H10FNS/c1-8-2-3-11(12(13)4-8)9-5-10(15)7-14-6-9/h2-7,15H,1H3. The van der Waals surface area contributed by atoms with E-state index < -0.39 is 0 Å². The Kier molecular flexibility index (Phi) is 2.73. The highest BCUT2D eigenvalue weighted by Crippen LogP contribution is 2.24. The first-order chi connectivity index (χ1) is 7.16. The predicted octanol–water partition coefficient (Wildman–Crippen LogP) is 3.48. The minimum Gasteiger partial charge on any atom is -0.263 e. The molecule has 0 saturated carbocycles. The Morgan fingerprint density at radius 2 is 2.00 bits per heavy atom. The summed E-state index contributed by atoms with van der Waals surface area (Å²) in [5.41, 5.74) is 2.22. The molecule has 0 unspecified atom stereocenters. The van der Waals surface area contributed by atoms with E-state index in [1.165, 1.54) is 6.07 Å². The molecule has 2 aromatic rings. The van der Waals surface area contributed by atoms with Gasteiger partial charge in [0.1, 0.15) is 5.82 Å². The summed E-state index contributed by atoms with van der Waals surface area (Å²) in [4.78, 5) is 4.71. The Balaban J connectivity index is 2.54. The first-order valence-electron chi connectivity index (χ1n) is 4.57. The maximum absolute atomic E-state index is 13.6. The molecule has 0 aliphatic rings. The number of hydrogen-bond donors (Lipinski definition) is 1. The molecule has 0 fully saturated rings. The van der Waals surface area contributed by atoms with Crippen LogP contribution in [-0.2, 0) is 0 Å². The third kappa shape index (κ3) is 2.18. The van der Waals surface area contributed by atoms with Crippen LogP contribution >= 0.6 is 12.6 Å². The number of halogens is 1. The smallest absolute Gasteiger partial charge is 0.131 e. The number of nitrogens with zero attached hydrogens (tertiary/aromatic N) is 1. The van der Waals surface area contributed by atoms with Gasteiger partial charge in [-0.05, 0) is 24.6 Å². The molecule has 0 aliphatic carbocycles. The molecule has 15 heavy (non-hydrogen) atoms. The number of pyridine rings is 1. The molecule has 1 heterocycles. The molecule has 0 atom stereocenters. The van der Waals surface area contributed by atoms with Crippen LogP contribution in [0.5, 0.6) is 0 Å². The van der Waals surface area contributed by atoms with Crippen LogP contribution in [0.4, 0.5) is 4.39 Å². The van der Waals surface area contributed by atoms with E-state index in [-0.39, 0.29) is 5.82 Å². The van der Waals surface area contributed by atoms with Crippen LogP contribution in [0, 0.1) is 12.7 Å². The van der Waals surface area contributed by atoms with Gasteiger partial charge in [-0.25, -0.2) is 4.39 Å². The topological polar surface area (TPSA) is 12.9 Å². The van der Waals surface area contributed by atoms with Gasteiger partial charge in [-0.3, -0.25) is 4.98 Å². The lowest BCUT2D eigenvalue weighted by atomic mass is 10.1. The molecular weight excluding hydrogens is 209 g/mol. The third-order valence-electron chi connectivity index (χ3n) is 2.16. The molecule has 2 rings (SSSR count). The molecular formula is C12H10FNS. The van der Waals surface area contributed by atoms with Gasteiger partial charge in [0.15, 0.2) is 0 Å². The van der Waals surface area contributed by atoms with Crippen LogP contribution in [0.25, 0.3) is 11.1 Å². The highest BCUT2D eigenvalue weighted by Gasteiger charge is 2.05. The van der Waals surface area contributed by atoms with E-state index in [0.29, 0.717) is 5.56 Å². The molecule has 0 saturated heterocycles. The maximum atomic E-state index is 13.6. The zero-order valence-electron chi connectivity index (χ0n) is 8.24. The highest BCUT2D eigenvalue weighted by molar-refractivity contribution is 7.80. The number of hydrogen-bond acceptors (Lipinski definition) is 2. The van der Waals surface area contributed by atoms with Crippen molar-refractivity contribution in [1.29, 1.82) is 0 Å². The molecule has 1 aromatic carbocycles. The van der Waals surface area contributed by atoms with Crippen molar-refractivity contribution in [2.45, 2.75) is 11.8 Å². The summed E-state index contributed by atoms with van der Waals surface area (Å²) >= 11 is 4.17. The molecule has 3 heteroatoms. The zero-order chi connectivity index (χ0) is 10.8. The van der Waals surface area contributed by atoms with E-state index in [9.17, 15) is 4.39 Å². The number of rotatable bonds is 1. The van der Waals surface area contributed by atoms with Gasteiger partial charge in [-0.15, -0.1) is 12.6 Å². The lowest BCUT2D eigenvalue weighted by Gasteiger charge is -2.04. The van der Waals surface area contributed by atoms with E-state index in [1.807, 2.05) is 13.0 Å². The Hall–Kier alpha value is -1.35. The summed E-state index contributed by atoms with van der Waals surface area (Å²) in [6, 6.07) is 6.95. The lowest BCUT2D eigenvalue weighted by Crippen LogP contribution is -1.86. The predicted molar refractivity (Wildman–Crippen MR) is 61.6 cm³/mol. The second kappa shape index (κ2) is 4.03. The van der Waals surface area contributed by atoms with Gasteiger partial charge in [0.25, 0.3) is 0 Å². The summed E-state index contributed by atoms with van der Waals surface area (Å²) < 4.78 is 13.6. The van der Waals surface area contributed by atoms with Crippen molar-refractivity contribution in [3.05, 3.63) is 48.0 Å². The molecule has 0 N–H and O–H groups in total. The van der Waals surface area contributed by atoms with Crippen LogP contribution in [0.15, 0.2) is 41.6 Å². The summed E-state index contributed by atoms with van der Waals surface area (Å²) in [6.07, 6.45) is 3.26. The number of benzene rings is 1. The quantitative estimate of drug-likeness (QED) is 0.724. The normalized spacial score (nSPS) is 10.3. The van der Waals surface area contributed by atoms with E-state index in [0.717, 1.165) is 16.0 Å². The van der Waals surface area contributed by atoms with Gasteiger partial charge in [0.2, 0.25) is 0 Å². The van der Waals surface area contributed by atoms with Crippen molar-refractivity contribution in [3.8, 4) is 11.1 Å². The van der Waals surface area contributed by atoms with Gasteiger partial charge in [-0.2, -0.15) is 0 Å². The Labute approximate surface area is 93.4 Å². The highest BCUT2D eigenvalue weighted by atomic mass is 32.1. The van der Waals surface area contributed by atoms with Crippen molar-refractivity contribution in [2.24, 2.45) is 0 Å². The molecule has 0 bridgehead atoms. The van der Waals surface area contributed by atoms with Crippen LogP contribution < -0.4 is 0 Å². The molecule has 1 nitrogen and oxygen atoms in total. The van der Waals surface area contributed by atoms with Gasteiger partial charge < -0.3 is 0 Å². The van der Waals surface area contributed by atoms with Crippen molar-refractivity contribution in [2.75, 3.05) is 0 Å². The summed E-state index contributed by atoms with van der Waals surface area (Å²) in [5.74, 6) is -0.226. The molecule has 0 spiro atoms. The average molecular weight is 219 g/mol. The van der Waals surface area contributed by atoms with E-state index >= 15 is 0 Å². The lowest BCUT2D eigenvalue weighted by molar-refractivity contribution is 0.630. The Bertz CT molecular complexity index is 497. The van der Waals surface area contributed by atoms with Crippen LogP contribution in [0.3, 0.4) is 0 Å². The van der Waals surface area contributed by atoms with Gasteiger partial charge in [0, 0.05) is 28.4 Å². The van der Waals surface area contributed by atoms with E-state index in [2.05, 4.69) is 17.6 Å². The Morgan fingerprint density at radius 1 is 1.20 bits per heavy atom. The summed E-state index contributed by atoms with van der Waals surface area (Å²) in [5, 5.41) is 0. The van der Waals surface area contributed by atoms with Crippen LogP contribution in [0.2, 0.25) is 0 Å². The molecule has 0 amide bonds. The summed E-state index contributed by atoms with van der Waals surface area (Å²) in [6.45, 7) is 1.86. The first kappa shape index (κ1) is 10.2. The molecule has 76 valence electrons. The van der Waals surface area contributed by atoms with Crippen molar-refractivity contribution in [3.63, 3.8) is 0 Å². The fourth-order valence-corrected chi connectivity index (χ4v) is 1.64. The van der Waals surface area contributed by atoms with Crippen molar-refractivity contribution >= 4 is 12.6 Å². The van der Waals surface area contributed by atoms with Crippen molar-refractivity contribution in [1.82, 2.24) is 4.98 Å². The van der Waals surface area contributed by atoms with Gasteiger partial charge in [-0.1, -0.05) is 12.1 Å². The van der Waals surface area contributed by atoms with Crippen LogP contribution in [0.1, 0.15) is 5.56 Å². The summed E-state index contributed by atoms with van der Waals surface area (Å²) in [7, 11) is 0. The van der Waals surface area contributed by atoms with Crippen molar-refractivity contribution < 1.29 is 4.39 Å². The fourth-order valence-electron chi connectivity index (χ4n) is 1.43. The minimum atomic E-state index is -0.226. The Morgan fingerprint density at radius 3 is 2.67 bits per heavy atom. The number of thiol groups is 1. The largest absolute Gasteiger partial charge is 0.263 e. The number of aromatic nitrogens is 1. The van der Waals surface area contributed by atoms with Gasteiger partial charge in [0.05, 0.1) is 0 Å². The van der Waals surface area contributed by atoms with E-state index in [1.54, 1.807) is 24.5 Å². The molecule has 0 aliphatic heterocycles. The minimum absolute atomic E-state index is 0.226. The average Bonchev–Trinajstić information content (AvgIpc) is 2.17. The fraction of sp³-hybridized carbons (Fsp3) is 0.0833. The monoisotopic (exact) mass is 219 g/mol. The third-order valence-corrected chi connectivity index (χ3v) is 2.40. The SMILES string of the molecule is Cc1ccc(-c2cncc(S)c2)c(F)c1. The van der Waals surface area contributed by atoms with Crippen LogP contribution in [-0.4, -0.2) is 4.98 Å². The second-order valence-electron chi connectivity index (χ2n) is 3.42. The van der Waals surface area contributed by atoms with E-state index in [4.69, 9.17) is 0 Å². The second-order valence-corrected chi connectivity index (χ2v) is 3.93.